The Kier molecular flexibility index (Phi) is 4.66. The fourth-order valence-electron chi connectivity index (χ4n) is 2.61. The Morgan fingerprint density at radius 1 is 1.42 bits per heavy atom. The molecule has 2 rings (SSSR count). The molecule has 1 aromatic carbocycles. The molecular weight excluding hydrogens is 242 g/mol. The van der Waals surface area contributed by atoms with Gasteiger partial charge >= 0.3 is 0 Å². The molecule has 0 aliphatic heterocycles. The van der Waals surface area contributed by atoms with Gasteiger partial charge in [0, 0.05) is 12.6 Å². The second-order valence-corrected chi connectivity index (χ2v) is 5.08. The molecule has 0 heterocycles. The van der Waals surface area contributed by atoms with Gasteiger partial charge in [0.25, 0.3) is 5.91 Å². The second-order valence-electron chi connectivity index (χ2n) is 5.08. The van der Waals surface area contributed by atoms with E-state index in [-0.39, 0.29) is 11.7 Å². The summed E-state index contributed by atoms with van der Waals surface area (Å²) in [5, 5.41) is 12.6. The highest BCUT2D eigenvalue weighted by atomic mass is 16.5. The van der Waals surface area contributed by atoms with Crippen molar-refractivity contribution in [2.75, 3.05) is 13.7 Å². The van der Waals surface area contributed by atoms with Crippen molar-refractivity contribution in [3.05, 3.63) is 23.8 Å². The third-order valence-corrected chi connectivity index (χ3v) is 3.76. The third-order valence-electron chi connectivity index (χ3n) is 3.76. The monoisotopic (exact) mass is 263 g/mol. The van der Waals surface area contributed by atoms with Gasteiger partial charge in [-0.15, -0.1) is 0 Å². The molecule has 4 heteroatoms. The Labute approximate surface area is 113 Å². The van der Waals surface area contributed by atoms with Gasteiger partial charge in [0.1, 0.15) is 11.5 Å². The van der Waals surface area contributed by atoms with Crippen molar-refractivity contribution in [3.63, 3.8) is 0 Å². The van der Waals surface area contributed by atoms with Crippen LogP contribution in [0.3, 0.4) is 0 Å². The fourth-order valence-corrected chi connectivity index (χ4v) is 2.61. The maximum absolute atomic E-state index is 11.9. The smallest absolute Gasteiger partial charge is 0.255 e. The quantitative estimate of drug-likeness (QED) is 0.858. The van der Waals surface area contributed by atoms with Crippen LogP contribution in [-0.2, 0) is 0 Å². The van der Waals surface area contributed by atoms with Crippen LogP contribution in [0.1, 0.15) is 42.5 Å². The third kappa shape index (κ3) is 3.63. The molecule has 0 unspecified atom stereocenters. The highest BCUT2D eigenvalue weighted by Gasteiger charge is 2.16. The van der Waals surface area contributed by atoms with E-state index in [4.69, 9.17) is 4.74 Å². The molecule has 1 fully saturated rings. The van der Waals surface area contributed by atoms with Crippen molar-refractivity contribution in [2.45, 2.75) is 32.1 Å². The van der Waals surface area contributed by atoms with Crippen LogP contribution in [0.5, 0.6) is 11.5 Å². The lowest BCUT2D eigenvalue weighted by molar-refractivity contribution is 0.0949. The summed E-state index contributed by atoms with van der Waals surface area (Å²) in [4.78, 5) is 11.9. The number of ether oxygens (including phenoxy) is 1. The van der Waals surface area contributed by atoms with Gasteiger partial charge in [0.15, 0.2) is 0 Å². The number of hydrogen-bond acceptors (Lipinski definition) is 3. The SMILES string of the molecule is COc1ccc(C(=O)NCCC2CCCC2)c(O)c1. The molecule has 0 atom stereocenters. The summed E-state index contributed by atoms with van der Waals surface area (Å²) < 4.78 is 4.99. The molecule has 1 saturated carbocycles. The molecular formula is C15H21NO3. The Balaban J connectivity index is 1.85. The van der Waals surface area contributed by atoms with E-state index in [9.17, 15) is 9.90 Å². The molecule has 0 spiro atoms. The molecule has 2 N–H and O–H groups in total. The van der Waals surface area contributed by atoms with Crippen molar-refractivity contribution >= 4 is 5.91 Å². The highest BCUT2D eigenvalue weighted by molar-refractivity contribution is 5.96. The van der Waals surface area contributed by atoms with Crippen LogP contribution in [0, 0.1) is 5.92 Å². The summed E-state index contributed by atoms with van der Waals surface area (Å²) in [6.07, 6.45) is 6.23. The molecule has 4 nitrogen and oxygen atoms in total. The zero-order chi connectivity index (χ0) is 13.7. The largest absolute Gasteiger partial charge is 0.507 e. The average molecular weight is 263 g/mol. The van der Waals surface area contributed by atoms with Gasteiger partial charge in [-0.3, -0.25) is 4.79 Å². The molecule has 1 aromatic rings. The minimum absolute atomic E-state index is 0.0438. The van der Waals surface area contributed by atoms with Crippen molar-refractivity contribution in [3.8, 4) is 11.5 Å². The molecule has 0 bridgehead atoms. The number of methoxy groups -OCH3 is 1. The number of hydrogen-bond donors (Lipinski definition) is 2. The van der Waals surface area contributed by atoms with Crippen LogP contribution < -0.4 is 10.1 Å². The minimum Gasteiger partial charge on any atom is -0.507 e. The zero-order valence-electron chi connectivity index (χ0n) is 11.3. The molecule has 1 amide bonds. The van der Waals surface area contributed by atoms with E-state index in [2.05, 4.69) is 5.32 Å². The number of nitrogens with one attached hydrogen (secondary N) is 1. The van der Waals surface area contributed by atoms with Crippen LogP contribution in [0.2, 0.25) is 0 Å². The lowest BCUT2D eigenvalue weighted by Crippen LogP contribution is -2.25. The normalized spacial score (nSPS) is 15.4. The summed E-state index contributed by atoms with van der Waals surface area (Å²) >= 11 is 0. The number of phenols is 1. The summed E-state index contributed by atoms with van der Waals surface area (Å²) in [6.45, 7) is 0.676. The van der Waals surface area contributed by atoms with Crippen molar-refractivity contribution < 1.29 is 14.6 Å². The standard InChI is InChI=1S/C15H21NO3/c1-19-12-6-7-13(14(17)10-12)15(18)16-9-8-11-4-2-3-5-11/h6-7,10-11,17H,2-5,8-9H2,1H3,(H,16,18). The van der Waals surface area contributed by atoms with E-state index < -0.39 is 0 Å². The van der Waals surface area contributed by atoms with E-state index >= 15 is 0 Å². The lowest BCUT2D eigenvalue weighted by atomic mass is 10.0. The van der Waals surface area contributed by atoms with E-state index in [1.165, 1.54) is 38.9 Å². The predicted molar refractivity (Wildman–Crippen MR) is 73.6 cm³/mol. The summed E-state index contributed by atoms with van der Waals surface area (Å²) in [7, 11) is 1.52. The van der Waals surface area contributed by atoms with Gasteiger partial charge in [0.05, 0.1) is 12.7 Å². The van der Waals surface area contributed by atoms with Crippen LogP contribution in [0.4, 0.5) is 0 Å². The maximum atomic E-state index is 11.9. The summed E-state index contributed by atoms with van der Waals surface area (Å²) in [5.74, 6) is 1.03. The van der Waals surface area contributed by atoms with Gasteiger partial charge in [-0.2, -0.15) is 0 Å². The van der Waals surface area contributed by atoms with Crippen LogP contribution >= 0.6 is 0 Å². The molecule has 104 valence electrons. The van der Waals surface area contributed by atoms with Crippen molar-refractivity contribution in [1.29, 1.82) is 0 Å². The summed E-state index contributed by atoms with van der Waals surface area (Å²) in [6, 6.07) is 4.70. The van der Waals surface area contributed by atoms with E-state index in [0.717, 1.165) is 12.3 Å². The Morgan fingerprint density at radius 3 is 2.79 bits per heavy atom. The molecule has 0 radical (unpaired) electrons. The first-order valence-electron chi connectivity index (χ1n) is 6.86. The average Bonchev–Trinajstić information content (AvgIpc) is 2.91. The fraction of sp³-hybridized carbons (Fsp3) is 0.533. The number of aromatic hydroxyl groups is 1. The Bertz CT molecular complexity index is 439. The van der Waals surface area contributed by atoms with Crippen molar-refractivity contribution in [1.82, 2.24) is 5.32 Å². The van der Waals surface area contributed by atoms with Crippen LogP contribution in [-0.4, -0.2) is 24.7 Å². The van der Waals surface area contributed by atoms with Gasteiger partial charge in [-0.25, -0.2) is 0 Å². The van der Waals surface area contributed by atoms with Crippen LogP contribution in [0.15, 0.2) is 18.2 Å². The van der Waals surface area contributed by atoms with Gasteiger partial charge in [-0.05, 0) is 24.5 Å². The van der Waals surface area contributed by atoms with E-state index in [0.29, 0.717) is 17.9 Å². The van der Waals surface area contributed by atoms with Gasteiger partial charge in [0.2, 0.25) is 0 Å². The van der Waals surface area contributed by atoms with E-state index in [1.54, 1.807) is 12.1 Å². The first-order valence-corrected chi connectivity index (χ1v) is 6.86. The van der Waals surface area contributed by atoms with Crippen molar-refractivity contribution in [2.24, 2.45) is 5.92 Å². The molecule has 0 aromatic heterocycles. The lowest BCUT2D eigenvalue weighted by Gasteiger charge is -2.11. The van der Waals surface area contributed by atoms with Crippen LogP contribution in [0.25, 0.3) is 0 Å². The summed E-state index contributed by atoms with van der Waals surface area (Å²) in [5.41, 5.74) is 0.298. The first-order chi connectivity index (χ1) is 9.20. The Hall–Kier alpha value is -1.71. The number of carbonyl (C=O) groups is 1. The predicted octanol–water partition coefficient (Wildman–Crippen LogP) is 2.71. The number of amides is 1. The number of rotatable bonds is 5. The van der Waals surface area contributed by atoms with Gasteiger partial charge < -0.3 is 15.2 Å². The zero-order valence-corrected chi connectivity index (χ0v) is 11.3. The number of carbonyl (C=O) groups excluding carboxylic acids is 1. The highest BCUT2D eigenvalue weighted by Crippen LogP contribution is 2.27. The number of benzene rings is 1. The van der Waals surface area contributed by atoms with Gasteiger partial charge in [-0.1, -0.05) is 25.7 Å². The molecule has 1 aliphatic rings. The number of phenolic OH excluding ortho intramolecular Hbond substituents is 1. The molecule has 19 heavy (non-hydrogen) atoms. The van der Waals surface area contributed by atoms with E-state index in [1.807, 2.05) is 0 Å². The minimum atomic E-state index is -0.224. The Morgan fingerprint density at radius 2 is 2.16 bits per heavy atom. The molecule has 0 saturated heterocycles. The topological polar surface area (TPSA) is 58.6 Å². The second kappa shape index (κ2) is 6.45. The maximum Gasteiger partial charge on any atom is 0.255 e. The molecule has 1 aliphatic carbocycles. The first kappa shape index (κ1) is 13.7.